The van der Waals surface area contributed by atoms with Crippen molar-refractivity contribution in [2.24, 2.45) is 0 Å². The number of aromatic amines is 1. The topological polar surface area (TPSA) is 40.7 Å². The quantitative estimate of drug-likeness (QED) is 0.907. The molecule has 1 aromatic carbocycles. The Morgan fingerprint density at radius 1 is 1.33 bits per heavy atom. The van der Waals surface area contributed by atoms with E-state index in [4.69, 9.17) is 0 Å². The molecule has 4 heteroatoms. The third-order valence-corrected chi connectivity index (χ3v) is 3.13. The van der Waals surface area contributed by atoms with Crippen LogP contribution in [0, 0.1) is 0 Å². The first kappa shape index (κ1) is 13.3. The summed E-state index contributed by atoms with van der Waals surface area (Å²) in [5.41, 5.74) is 3.51. The summed E-state index contributed by atoms with van der Waals surface area (Å²) in [6, 6.07) is 8.22. The summed E-state index contributed by atoms with van der Waals surface area (Å²) in [6.07, 6.45) is 1.88. The zero-order valence-corrected chi connectivity index (χ0v) is 12.5. The van der Waals surface area contributed by atoms with E-state index in [1.807, 2.05) is 18.3 Å². The molecule has 0 atom stereocenters. The van der Waals surface area contributed by atoms with E-state index in [-0.39, 0.29) is 5.54 Å². The Kier molecular flexibility index (Phi) is 3.88. The van der Waals surface area contributed by atoms with E-state index in [0.717, 1.165) is 22.3 Å². The van der Waals surface area contributed by atoms with Crippen LogP contribution in [0.2, 0.25) is 0 Å². The molecule has 0 saturated carbocycles. The molecule has 2 N–H and O–H groups in total. The molecule has 0 fully saturated rings. The lowest BCUT2D eigenvalue weighted by Gasteiger charge is -2.20. The maximum absolute atomic E-state index is 4.15. The van der Waals surface area contributed by atoms with Gasteiger partial charge in [-0.1, -0.05) is 28.1 Å². The van der Waals surface area contributed by atoms with Crippen LogP contribution in [-0.4, -0.2) is 15.7 Å². The largest absolute Gasteiger partial charge is 0.308 e. The average molecular weight is 308 g/mol. The number of aromatic nitrogens is 2. The molecule has 0 saturated heterocycles. The molecule has 0 aliphatic rings. The molecule has 2 rings (SSSR count). The predicted octanol–water partition coefficient (Wildman–Crippen LogP) is 3.73. The van der Waals surface area contributed by atoms with Gasteiger partial charge in [0.05, 0.1) is 11.9 Å². The molecule has 0 amide bonds. The van der Waals surface area contributed by atoms with Gasteiger partial charge in [-0.15, -0.1) is 0 Å². The number of hydrogen-bond acceptors (Lipinski definition) is 2. The first-order valence-corrected chi connectivity index (χ1v) is 6.78. The number of rotatable bonds is 3. The Balaban J connectivity index is 2.23. The molecule has 0 aliphatic carbocycles. The van der Waals surface area contributed by atoms with Crippen LogP contribution in [0.25, 0.3) is 11.3 Å². The van der Waals surface area contributed by atoms with Gasteiger partial charge in [-0.25, -0.2) is 0 Å². The first-order chi connectivity index (χ1) is 8.46. The average Bonchev–Trinajstić information content (AvgIpc) is 2.73. The fourth-order valence-electron chi connectivity index (χ4n) is 1.70. The van der Waals surface area contributed by atoms with E-state index >= 15 is 0 Å². The van der Waals surface area contributed by atoms with E-state index in [1.165, 1.54) is 5.56 Å². The van der Waals surface area contributed by atoms with Crippen LogP contribution in [0.5, 0.6) is 0 Å². The van der Waals surface area contributed by atoms with Crippen LogP contribution >= 0.6 is 15.9 Å². The van der Waals surface area contributed by atoms with Crippen molar-refractivity contribution >= 4 is 15.9 Å². The van der Waals surface area contributed by atoms with Gasteiger partial charge < -0.3 is 5.32 Å². The fourth-order valence-corrected chi connectivity index (χ4v) is 2.10. The van der Waals surface area contributed by atoms with Crippen molar-refractivity contribution in [3.8, 4) is 11.3 Å². The summed E-state index contributed by atoms with van der Waals surface area (Å²) in [6.45, 7) is 7.28. The summed E-state index contributed by atoms with van der Waals surface area (Å²) in [5, 5.41) is 10.7. The fraction of sp³-hybridized carbons (Fsp3) is 0.357. The van der Waals surface area contributed by atoms with E-state index in [2.05, 4.69) is 64.3 Å². The molecule has 0 spiro atoms. The zero-order chi connectivity index (χ0) is 13.2. The molecule has 0 aliphatic heterocycles. The number of nitrogens with one attached hydrogen (secondary N) is 2. The molecule has 1 heterocycles. The Morgan fingerprint density at radius 3 is 2.78 bits per heavy atom. The number of halogens is 1. The highest BCUT2D eigenvalue weighted by atomic mass is 79.9. The van der Waals surface area contributed by atoms with E-state index < -0.39 is 0 Å². The maximum atomic E-state index is 4.15. The predicted molar refractivity (Wildman–Crippen MR) is 78.3 cm³/mol. The Labute approximate surface area is 116 Å². The third-order valence-electron chi connectivity index (χ3n) is 2.64. The molecule has 0 unspecified atom stereocenters. The number of H-pyrrole nitrogens is 1. The monoisotopic (exact) mass is 307 g/mol. The molecule has 0 radical (unpaired) electrons. The summed E-state index contributed by atoms with van der Waals surface area (Å²) >= 11 is 3.49. The maximum Gasteiger partial charge on any atom is 0.0695 e. The molecular formula is C14H18BrN3. The minimum absolute atomic E-state index is 0.103. The van der Waals surface area contributed by atoms with Crippen LogP contribution in [0.3, 0.4) is 0 Å². The van der Waals surface area contributed by atoms with Crippen molar-refractivity contribution in [3.63, 3.8) is 0 Å². The van der Waals surface area contributed by atoms with Gasteiger partial charge in [-0.05, 0) is 32.9 Å². The molecule has 3 nitrogen and oxygen atoms in total. The lowest BCUT2D eigenvalue weighted by atomic mass is 10.1. The third kappa shape index (κ3) is 3.43. The van der Waals surface area contributed by atoms with Gasteiger partial charge in [-0.2, -0.15) is 5.10 Å². The lowest BCUT2D eigenvalue weighted by molar-refractivity contribution is 0.424. The molecule has 18 heavy (non-hydrogen) atoms. The van der Waals surface area contributed by atoms with E-state index in [1.54, 1.807) is 0 Å². The smallest absolute Gasteiger partial charge is 0.0695 e. The highest BCUT2D eigenvalue weighted by Gasteiger charge is 2.12. The van der Waals surface area contributed by atoms with Gasteiger partial charge in [0.15, 0.2) is 0 Å². The second-order valence-electron chi connectivity index (χ2n) is 5.38. The van der Waals surface area contributed by atoms with Crippen molar-refractivity contribution in [2.45, 2.75) is 32.9 Å². The van der Waals surface area contributed by atoms with Crippen LogP contribution in [-0.2, 0) is 6.54 Å². The van der Waals surface area contributed by atoms with Crippen molar-refractivity contribution in [1.29, 1.82) is 0 Å². The standard InChI is InChI=1S/C14H18BrN3/c1-14(2,3)16-8-11-9-17-18-13(11)10-5-4-6-12(15)7-10/h4-7,9,16H,8H2,1-3H3,(H,17,18). The highest BCUT2D eigenvalue weighted by Crippen LogP contribution is 2.24. The van der Waals surface area contributed by atoms with Crippen molar-refractivity contribution < 1.29 is 0 Å². The first-order valence-electron chi connectivity index (χ1n) is 5.99. The van der Waals surface area contributed by atoms with E-state index in [9.17, 15) is 0 Å². The van der Waals surface area contributed by atoms with Crippen molar-refractivity contribution in [2.75, 3.05) is 0 Å². The second-order valence-corrected chi connectivity index (χ2v) is 6.30. The number of nitrogens with zero attached hydrogens (tertiary/aromatic N) is 1. The van der Waals surface area contributed by atoms with Crippen LogP contribution in [0.4, 0.5) is 0 Å². The number of hydrogen-bond donors (Lipinski definition) is 2. The van der Waals surface area contributed by atoms with Gasteiger partial charge in [0, 0.05) is 27.7 Å². The van der Waals surface area contributed by atoms with Gasteiger partial charge in [-0.3, -0.25) is 5.10 Å². The molecular weight excluding hydrogens is 290 g/mol. The highest BCUT2D eigenvalue weighted by molar-refractivity contribution is 9.10. The van der Waals surface area contributed by atoms with Gasteiger partial charge in [0.1, 0.15) is 0 Å². The minimum atomic E-state index is 0.103. The summed E-state index contributed by atoms with van der Waals surface area (Å²) in [4.78, 5) is 0. The van der Waals surface area contributed by atoms with Crippen molar-refractivity contribution in [3.05, 3.63) is 40.5 Å². The lowest BCUT2D eigenvalue weighted by Crippen LogP contribution is -2.35. The zero-order valence-electron chi connectivity index (χ0n) is 10.9. The van der Waals surface area contributed by atoms with Gasteiger partial charge in [0.25, 0.3) is 0 Å². The summed E-state index contributed by atoms with van der Waals surface area (Å²) in [5.74, 6) is 0. The Bertz CT molecular complexity index is 526. The van der Waals surface area contributed by atoms with Crippen LogP contribution in [0.15, 0.2) is 34.9 Å². The van der Waals surface area contributed by atoms with Crippen molar-refractivity contribution in [1.82, 2.24) is 15.5 Å². The molecule has 1 aromatic heterocycles. The van der Waals surface area contributed by atoms with E-state index in [0.29, 0.717) is 0 Å². The van der Waals surface area contributed by atoms with Gasteiger partial charge >= 0.3 is 0 Å². The summed E-state index contributed by atoms with van der Waals surface area (Å²) in [7, 11) is 0. The molecule has 2 aromatic rings. The van der Waals surface area contributed by atoms with Crippen LogP contribution in [0.1, 0.15) is 26.3 Å². The molecule has 0 bridgehead atoms. The Morgan fingerprint density at radius 2 is 2.11 bits per heavy atom. The number of benzene rings is 1. The Hall–Kier alpha value is -1.13. The normalized spacial score (nSPS) is 11.8. The second kappa shape index (κ2) is 5.24. The minimum Gasteiger partial charge on any atom is -0.308 e. The summed E-state index contributed by atoms with van der Waals surface area (Å²) < 4.78 is 1.07. The SMILES string of the molecule is CC(C)(C)NCc1cn[nH]c1-c1cccc(Br)c1. The van der Waals surface area contributed by atoms with Gasteiger partial charge in [0.2, 0.25) is 0 Å². The molecule has 96 valence electrons. The van der Waals surface area contributed by atoms with Crippen LogP contribution < -0.4 is 5.32 Å².